The molecule has 0 spiro atoms. The van der Waals surface area contributed by atoms with Crippen LogP contribution in [0.15, 0.2) is 126 Å². The van der Waals surface area contributed by atoms with E-state index < -0.39 is 6.85 Å². The van der Waals surface area contributed by atoms with Crippen molar-refractivity contribution < 1.29 is 8.53 Å². The molecule has 0 radical (unpaired) electrons. The van der Waals surface area contributed by atoms with E-state index in [-0.39, 0.29) is 5.41 Å². The van der Waals surface area contributed by atoms with E-state index in [1.165, 1.54) is 11.1 Å². The summed E-state index contributed by atoms with van der Waals surface area (Å²) in [4.78, 5) is 5.31. The number of furan rings is 1. The molecule has 230 valence electrons. The maximum Gasteiger partial charge on any atom is 0.149 e. The summed E-state index contributed by atoms with van der Waals surface area (Å²) < 4.78 is 32.4. The normalized spacial score (nSPS) is 13.3. The fraction of sp³-hybridized carbons (Fsp3) is 0.159. The molecular weight excluding hydrogens is 572 g/mol. The van der Waals surface area contributed by atoms with Gasteiger partial charge in [-0.15, -0.1) is 0 Å². The summed E-state index contributed by atoms with van der Waals surface area (Å²) in [6, 6.07) is 41.2. The van der Waals surface area contributed by atoms with Crippen molar-refractivity contribution in [3.63, 3.8) is 0 Å². The van der Waals surface area contributed by atoms with Crippen LogP contribution in [0, 0.1) is 20.7 Å². The molecule has 0 saturated carbocycles. The highest BCUT2D eigenvalue weighted by Crippen LogP contribution is 2.43. The second-order valence-corrected chi connectivity index (χ2v) is 13.6. The number of para-hydroxylation sites is 2. The van der Waals surface area contributed by atoms with Crippen molar-refractivity contribution in [3.8, 4) is 39.3 Å². The molecule has 2 heterocycles. The van der Waals surface area contributed by atoms with Gasteiger partial charge in [0.25, 0.3) is 0 Å². The Hall–Kier alpha value is -5.41. The molecule has 0 N–H and O–H groups in total. The minimum absolute atomic E-state index is 0.0274. The Kier molecular flexibility index (Phi) is 5.94. The van der Waals surface area contributed by atoms with Crippen LogP contribution in [0.5, 0.6) is 0 Å². The van der Waals surface area contributed by atoms with Crippen molar-refractivity contribution in [2.24, 2.45) is 0 Å². The van der Waals surface area contributed by atoms with Crippen molar-refractivity contribution in [1.82, 2.24) is 9.55 Å². The fourth-order valence-electron chi connectivity index (χ4n) is 6.84. The Balaban J connectivity index is 1.38. The third kappa shape index (κ3) is 4.85. The fourth-order valence-corrected chi connectivity index (χ4v) is 6.84. The minimum atomic E-state index is -2.14. The first-order chi connectivity index (χ1) is 23.9. The molecule has 8 aromatic rings. The second-order valence-electron chi connectivity index (χ2n) is 13.6. The number of hydrogen-bond acceptors (Lipinski definition) is 2. The SMILES string of the molecule is [2H]C([2H])([2H])c1ccc(-c2ccc3c(c2)oc2c(-c4nc5ccccc5n4-c4c(C)cc(C(C)(C)C)cc4-c4ccccc4)ccc(C)c23)cc1. The van der Waals surface area contributed by atoms with Crippen molar-refractivity contribution in [1.29, 1.82) is 0 Å². The van der Waals surface area contributed by atoms with E-state index in [4.69, 9.17) is 13.5 Å². The lowest BCUT2D eigenvalue weighted by atomic mass is 9.83. The summed E-state index contributed by atoms with van der Waals surface area (Å²) in [5, 5.41) is 2.09. The summed E-state index contributed by atoms with van der Waals surface area (Å²) in [5.74, 6) is 0.819. The van der Waals surface area contributed by atoms with Gasteiger partial charge in [-0.2, -0.15) is 0 Å². The van der Waals surface area contributed by atoms with Gasteiger partial charge >= 0.3 is 0 Å². The molecule has 0 aliphatic rings. The molecule has 0 saturated heterocycles. The topological polar surface area (TPSA) is 31.0 Å². The third-order valence-electron chi connectivity index (χ3n) is 9.32. The van der Waals surface area contributed by atoms with E-state index in [1.54, 1.807) is 12.1 Å². The first-order valence-corrected chi connectivity index (χ1v) is 16.1. The number of hydrogen-bond donors (Lipinski definition) is 0. The lowest BCUT2D eigenvalue weighted by Crippen LogP contribution is -2.13. The number of nitrogens with zero attached hydrogens (tertiary/aromatic N) is 2. The lowest BCUT2D eigenvalue weighted by molar-refractivity contribution is 0.590. The molecule has 0 amide bonds. The molecule has 47 heavy (non-hydrogen) atoms. The van der Waals surface area contributed by atoms with Gasteiger partial charge in [-0.3, -0.25) is 4.57 Å². The molecule has 0 atom stereocenters. The van der Waals surface area contributed by atoms with Crippen LogP contribution in [0.2, 0.25) is 0 Å². The van der Waals surface area contributed by atoms with Crippen LogP contribution in [0.4, 0.5) is 0 Å². The van der Waals surface area contributed by atoms with Crippen molar-refractivity contribution in [3.05, 3.63) is 144 Å². The first kappa shape index (κ1) is 25.7. The Bertz CT molecular complexity index is 2570. The van der Waals surface area contributed by atoms with Crippen LogP contribution in [0.3, 0.4) is 0 Å². The molecule has 2 aromatic heterocycles. The quantitative estimate of drug-likeness (QED) is 0.198. The van der Waals surface area contributed by atoms with Crippen LogP contribution in [-0.4, -0.2) is 9.55 Å². The maximum atomic E-state index is 7.75. The predicted molar refractivity (Wildman–Crippen MR) is 198 cm³/mol. The summed E-state index contributed by atoms with van der Waals surface area (Å²) in [6.45, 7) is 8.96. The van der Waals surface area contributed by atoms with E-state index in [0.29, 0.717) is 5.56 Å². The second kappa shape index (κ2) is 10.8. The van der Waals surface area contributed by atoms with Crippen molar-refractivity contribution in [2.45, 2.75) is 46.9 Å². The van der Waals surface area contributed by atoms with Crippen LogP contribution in [0.1, 0.15) is 47.1 Å². The zero-order valence-corrected chi connectivity index (χ0v) is 27.3. The van der Waals surface area contributed by atoms with Gasteiger partial charge in [-0.1, -0.05) is 111 Å². The minimum Gasteiger partial charge on any atom is -0.455 e. The van der Waals surface area contributed by atoms with Gasteiger partial charge < -0.3 is 4.42 Å². The predicted octanol–water partition coefficient (Wildman–Crippen LogP) is 12.1. The van der Waals surface area contributed by atoms with Gasteiger partial charge in [0.15, 0.2) is 0 Å². The number of benzene rings is 6. The van der Waals surface area contributed by atoms with Gasteiger partial charge in [0.2, 0.25) is 0 Å². The monoisotopic (exact) mass is 613 g/mol. The number of imidazole rings is 1. The Morgan fingerprint density at radius 2 is 1.43 bits per heavy atom. The first-order valence-electron chi connectivity index (χ1n) is 17.6. The zero-order valence-electron chi connectivity index (χ0n) is 30.3. The lowest BCUT2D eigenvalue weighted by Gasteiger charge is -2.25. The average Bonchev–Trinajstić information content (AvgIpc) is 3.67. The number of rotatable bonds is 4. The van der Waals surface area contributed by atoms with Gasteiger partial charge in [0.05, 0.1) is 22.3 Å². The highest BCUT2D eigenvalue weighted by Gasteiger charge is 2.25. The van der Waals surface area contributed by atoms with Gasteiger partial charge in [0, 0.05) is 20.4 Å². The van der Waals surface area contributed by atoms with Crippen LogP contribution >= 0.6 is 0 Å². The number of aromatic nitrogens is 2. The molecule has 3 heteroatoms. The van der Waals surface area contributed by atoms with E-state index in [9.17, 15) is 0 Å². The van der Waals surface area contributed by atoms with Gasteiger partial charge in [0.1, 0.15) is 17.0 Å². The molecule has 0 aliphatic heterocycles. The largest absolute Gasteiger partial charge is 0.455 e. The number of aryl methyl sites for hydroxylation is 3. The molecular formula is C44H38N2O. The molecule has 0 bridgehead atoms. The summed E-state index contributed by atoms with van der Waals surface area (Å²) >= 11 is 0. The Labute approximate surface area is 280 Å². The van der Waals surface area contributed by atoms with Gasteiger partial charge in [-0.25, -0.2) is 4.98 Å². The molecule has 0 unspecified atom stereocenters. The van der Waals surface area contributed by atoms with Gasteiger partial charge in [-0.05, 0) is 95.9 Å². The van der Waals surface area contributed by atoms with E-state index in [1.807, 2.05) is 18.2 Å². The van der Waals surface area contributed by atoms with Crippen molar-refractivity contribution >= 4 is 33.0 Å². The molecule has 6 aromatic carbocycles. The maximum absolute atomic E-state index is 7.75. The Morgan fingerprint density at radius 1 is 0.681 bits per heavy atom. The highest BCUT2D eigenvalue weighted by molar-refractivity contribution is 6.12. The Morgan fingerprint density at radius 3 is 2.19 bits per heavy atom. The summed E-state index contributed by atoms with van der Waals surface area (Å²) in [5.41, 5.74) is 13.6. The summed E-state index contributed by atoms with van der Waals surface area (Å²) in [7, 11) is 0. The summed E-state index contributed by atoms with van der Waals surface area (Å²) in [6.07, 6.45) is 0. The van der Waals surface area contributed by atoms with Crippen molar-refractivity contribution in [2.75, 3.05) is 0 Å². The third-order valence-corrected chi connectivity index (χ3v) is 9.32. The molecule has 0 aliphatic carbocycles. The van der Waals surface area contributed by atoms with E-state index in [2.05, 4.69) is 130 Å². The van der Waals surface area contributed by atoms with Crippen LogP contribution in [0.25, 0.3) is 72.3 Å². The molecule has 0 fully saturated rings. The highest BCUT2D eigenvalue weighted by atomic mass is 16.3. The standard InChI is InChI=1S/C44H38N2O/c1-27-16-19-30(20-17-27)32-21-23-34-39(25-32)47-42-35(22-18-28(2)40(34)42)43-45-37-14-10-11-15-38(37)46(43)41-29(3)24-33(44(4,5)6)26-36(41)31-12-8-7-9-13-31/h7-26H,1-6H3/i1D3. The zero-order chi connectivity index (χ0) is 34.9. The molecule has 8 rings (SSSR count). The number of fused-ring (bicyclic) bond motifs is 4. The average molecular weight is 614 g/mol. The van der Waals surface area contributed by atoms with Crippen LogP contribution in [-0.2, 0) is 5.41 Å². The van der Waals surface area contributed by atoms with Crippen LogP contribution < -0.4 is 0 Å². The molecule has 3 nitrogen and oxygen atoms in total. The van der Waals surface area contributed by atoms with E-state index >= 15 is 0 Å². The smallest absolute Gasteiger partial charge is 0.149 e. The van der Waals surface area contributed by atoms with E-state index in [0.717, 1.165) is 77.9 Å².